The molecule has 0 saturated heterocycles. The van der Waals surface area contributed by atoms with Crippen LogP contribution in [-0.4, -0.2) is 8.07 Å². The van der Waals surface area contributed by atoms with Crippen LogP contribution in [0.3, 0.4) is 0 Å². The molecule has 0 bridgehead atoms. The molecule has 0 saturated carbocycles. The Hall–Kier alpha value is -1.34. The zero-order chi connectivity index (χ0) is 12.5. The topological polar surface area (TPSA) is 0 Å². The minimum atomic E-state index is -1.27. The molecule has 0 radical (unpaired) electrons. The van der Waals surface area contributed by atoms with Crippen LogP contribution in [0.15, 0.2) is 48.5 Å². The minimum Gasteiger partial charge on any atom is -0.0656 e. The largest absolute Gasteiger partial charge is 0.0784 e. The van der Waals surface area contributed by atoms with Gasteiger partial charge in [0, 0.05) is 0 Å². The van der Waals surface area contributed by atoms with Gasteiger partial charge in [-0.25, -0.2) is 0 Å². The molecule has 0 heterocycles. The molecule has 0 aliphatic carbocycles. The molecule has 0 nitrogen and oxygen atoms in total. The Morgan fingerprint density at radius 2 is 1.35 bits per heavy atom. The van der Waals surface area contributed by atoms with Crippen LogP contribution in [0.1, 0.15) is 5.56 Å². The average molecular weight is 240 g/mol. The lowest BCUT2D eigenvalue weighted by Crippen LogP contribution is -2.38. The number of benzene rings is 2. The zero-order valence-electron chi connectivity index (χ0n) is 11.1. The summed E-state index contributed by atoms with van der Waals surface area (Å²) in [5.41, 5.74) is 4.07. The van der Waals surface area contributed by atoms with E-state index < -0.39 is 8.07 Å². The fraction of sp³-hybridized carbons (Fsp3) is 0.250. The Balaban J connectivity index is 2.56. The summed E-state index contributed by atoms with van der Waals surface area (Å²) in [7, 11) is -1.27. The summed E-state index contributed by atoms with van der Waals surface area (Å²) < 4.78 is 0. The van der Waals surface area contributed by atoms with Crippen molar-refractivity contribution in [2.45, 2.75) is 26.6 Å². The molecule has 1 heteroatoms. The molecule has 17 heavy (non-hydrogen) atoms. The maximum absolute atomic E-state index is 2.40. The molecule has 0 unspecified atom stereocenters. The van der Waals surface area contributed by atoms with E-state index in [1.807, 2.05) is 0 Å². The van der Waals surface area contributed by atoms with E-state index in [-0.39, 0.29) is 0 Å². The van der Waals surface area contributed by atoms with Crippen molar-refractivity contribution in [3.8, 4) is 11.1 Å². The summed E-state index contributed by atoms with van der Waals surface area (Å²) in [5.74, 6) is 0. The van der Waals surface area contributed by atoms with Crippen molar-refractivity contribution in [2.75, 3.05) is 0 Å². The van der Waals surface area contributed by atoms with Gasteiger partial charge in [-0.05, 0) is 18.1 Å². The van der Waals surface area contributed by atoms with Crippen LogP contribution < -0.4 is 5.19 Å². The van der Waals surface area contributed by atoms with Gasteiger partial charge in [0.25, 0.3) is 0 Å². The van der Waals surface area contributed by atoms with E-state index in [4.69, 9.17) is 0 Å². The van der Waals surface area contributed by atoms with Crippen molar-refractivity contribution < 1.29 is 0 Å². The second kappa shape index (κ2) is 4.50. The van der Waals surface area contributed by atoms with Crippen LogP contribution in [0, 0.1) is 6.92 Å². The number of rotatable bonds is 2. The first-order valence-corrected chi connectivity index (χ1v) is 9.65. The summed E-state index contributed by atoms with van der Waals surface area (Å²) in [4.78, 5) is 0. The summed E-state index contributed by atoms with van der Waals surface area (Å²) in [6.45, 7) is 9.34. The summed E-state index contributed by atoms with van der Waals surface area (Å²) >= 11 is 0. The van der Waals surface area contributed by atoms with Gasteiger partial charge >= 0.3 is 0 Å². The monoisotopic (exact) mass is 240 g/mol. The molecule has 2 aromatic carbocycles. The van der Waals surface area contributed by atoms with Crippen LogP contribution in [0.4, 0.5) is 0 Å². The average Bonchev–Trinajstić information content (AvgIpc) is 2.29. The van der Waals surface area contributed by atoms with E-state index in [9.17, 15) is 0 Å². The van der Waals surface area contributed by atoms with Gasteiger partial charge in [-0.15, -0.1) is 0 Å². The van der Waals surface area contributed by atoms with Crippen molar-refractivity contribution in [1.29, 1.82) is 0 Å². The molecule has 0 amide bonds. The van der Waals surface area contributed by atoms with Gasteiger partial charge in [0.2, 0.25) is 0 Å². The Bertz CT molecular complexity index is 504. The highest BCUT2D eigenvalue weighted by Gasteiger charge is 2.19. The normalized spacial score (nSPS) is 11.5. The Morgan fingerprint density at radius 1 is 0.765 bits per heavy atom. The lowest BCUT2D eigenvalue weighted by molar-refractivity contribution is 1.47. The molecule has 0 spiro atoms. The maximum Gasteiger partial charge on any atom is 0.0784 e. The van der Waals surface area contributed by atoms with E-state index >= 15 is 0 Å². The maximum atomic E-state index is 2.40. The number of hydrogen-bond donors (Lipinski definition) is 0. The highest BCUT2D eigenvalue weighted by Crippen LogP contribution is 2.20. The van der Waals surface area contributed by atoms with Gasteiger partial charge in [0.1, 0.15) is 0 Å². The molecule has 0 aliphatic rings. The van der Waals surface area contributed by atoms with Crippen LogP contribution in [0.25, 0.3) is 11.1 Å². The number of hydrogen-bond acceptors (Lipinski definition) is 0. The molecule has 0 aromatic heterocycles. The van der Waals surface area contributed by atoms with Crippen molar-refractivity contribution in [1.82, 2.24) is 0 Å². The highest BCUT2D eigenvalue weighted by atomic mass is 28.3. The van der Waals surface area contributed by atoms with Gasteiger partial charge in [-0.3, -0.25) is 0 Å². The second-order valence-electron chi connectivity index (χ2n) is 5.66. The second-order valence-corrected chi connectivity index (χ2v) is 10.7. The van der Waals surface area contributed by atoms with Crippen molar-refractivity contribution in [3.63, 3.8) is 0 Å². The first-order chi connectivity index (χ1) is 7.98. The van der Waals surface area contributed by atoms with Gasteiger partial charge in [0.05, 0.1) is 8.07 Å². The summed E-state index contributed by atoms with van der Waals surface area (Å²) in [6.07, 6.45) is 0. The minimum absolute atomic E-state index is 1.27. The van der Waals surface area contributed by atoms with E-state index in [0.717, 1.165) is 0 Å². The summed E-state index contributed by atoms with van der Waals surface area (Å²) in [5, 5.41) is 1.55. The Labute approximate surface area is 105 Å². The van der Waals surface area contributed by atoms with E-state index in [0.29, 0.717) is 0 Å². The van der Waals surface area contributed by atoms with E-state index in [1.165, 1.54) is 16.7 Å². The molecule has 88 valence electrons. The van der Waals surface area contributed by atoms with Gasteiger partial charge in [-0.1, -0.05) is 78.9 Å². The smallest absolute Gasteiger partial charge is 0.0656 e. The molecule has 2 rings (SSSR count). The molecular formula is C16H20Si. The molecule has 2 aromatic rings. The molecule has 0 fully saturated rings. The summed E-state index contributed by atoms with van der Waals surface area (Å²) in [6, 6.07) is 17.7. The Morgan fingerprint density at radius 3 is 1.94 bits per heavy atom. The highest BCUT2D eigenvalue weighted by molar-refractivity contribution is 6.89. The van der Waals surface area contributed by atoms with Gasteiger partial charge in [-0.2, -0.15) is 0 Å². The quantitative estimate of drug-likeness (QED) is 0.690. The molecule has 0 aliphatic heterocycles. The zero-order valence-corrected chi connectivity index (χ0v) is 12.1. The van der Waals surface area contributed by atoms with Crippen molar-refractivity contribution in [3.05, 3.63) is 54.1 Å². The third kappa shape index (κ3) is 2.67. The fourth-order valence-corrected chi connectivity index (χ4v) is 3.75. The third-order valence-corrected chi connectivity index (χ3v) is 5.15. The van der Waals surface area contributed by atoms with E-state index in [2.05, 4.69) is 75.1 Å². The van der Waals surface area contributed by atoms with Crippen LogP contribution in [0.2, 0.25) is 19.6 Å². The van der Waals surface area contributed by atoms with E-state index in [1.54, 1.807) is 5.19 Å². The van der Waals surface area contributed by atoms with Crippen LogP contribution in [-0.2, 0) is 0 Å². The molecule has 0 atom stereocenters. The predicted molar refractivity (Wildman–Crippen MR) is 79.6 cm³/mol. The molecular weight excluding hydrogens is 220 g/mol. The number of aryl methyl sites for hydroxylation is 1. The SMILES string of the molecule is Cc1ccc(-c2ccccc2[Si](C)(C)C)cc1. The lowest BCUT2D eigenvalue weighted by atomic mass is 10.0. The third-order valence-electron chi connectivity index (χ3n) is 3.10. The van der Waals surface area contributed by atoms with Gasteiger partial charge in [0.15, 0.2) is 0 Å². The van der Waals surface area contributed by atoms with Gasteiger partial charge < -0.3 is 0 Å². The van der Waals surface area contributed by atoms with Crippen molar-refractivity contribution >= 4 is 13.3 Å². The first kappa shape index (κ1) is 12.1. The Kier molecular flexibility index (Phi) is 3.21. The van der Waals surface area contributed by atoms with Crippen LogP contribution >= 0.6 is 0 Å². The first-order valence-electron chi connectivity index (χ1n) is 6.15. The van der Waals surface area contributed by atoms with Crippen LogP contribution in [0.5, 0.6) is 0 Å². The van der Waals surface area contributed by atoms with Crippen molar-refractivity contribution in [2.24, 2.45) is 0 Å². The fourth-order valence-electron chi connectivity index (χ4n) is 2.12. The standard InChI is InChI=1S/C16H20Si/c1-13-9-11-14(12-10-13)15-7-5-6-8-16(15)17(2,3)4/h5-12H,1-4H3. The molecule has 0 N–H and O–H groups in total. The lowest BCUT2D eigenvalue weighted by Gasteiger charge is -2.21. The predicted octanol–water partition coefficient (Wildman–Crippen LogP) is 4.21.